The Hall–Kier alpha value is 0.640. The molecule has 2 aromatic rings. The Morgan fingerprint density at radius 1 is 1.12 bits per heavy atom. The molecule has 1 fully saturated rings. The number of aliphatic hydroxyl groups excluding tert-OH is 2. The van der Waals surface area contributed by atoms with Crippen LogP contribution >= 0.6 is 23.2 Å². The third kappa shape index (κ3) is 8.06. The minimum atomic E-state index is -5.76. The molecule has 1 aliphatic rings. The fraction of sp³-hybridized carbons (Fsp3) is 0.500. The van der Waals surface area contributed by atoms with Crippen molar-refractivity contribution in [3.63, 3.8) is 0 Å². The molecule has 18 nitrogen and oxygen atoms in total. The Morgan fingerprint density at radius 3 is 2.36 bits per heavy atom. The molecular formula is C10H14N5Na2O13P3. The number of nitrogen functional groups attached to an aromatic ring is 1. The summed E-state index contributed by atoms with van der Waals surface area (Å²) in [4.78, 5) is 51.3. The zero-order chi connectivity index (χ0) is 23.2. The first-order chi connectivity index (χ1) is 14.2. The van der Waals surface area contributed by atoms with Crippen LogP contribution < -0.4 is 74.6 Å². The summed E-state index contributed by atoms with van der Waals surface area (Å²) in [6.07, 6.45) is -6.45. The Labute approximate surface area is 228 Å². The van der Waals surface area contributed by atoms with E-state index in [9.17, 15) is 38.6 Å². The van der Waals surface area contributed by atoms with Crippen molar-refractivity contribution in [3.8, 4) is 0 Å². The first-order valence-corrected chi connectivity index (χ1v) is 12.6. The molecule has 0 bridgehead atoms. The summed E-state index contributed by atoms with van der Waals surface area (Å²) in [5.74, 6) is 0.0105. The predicted molar refractivity (Wildman–Crippen MR) is 91.0 cm³/mol. The van der Waals surface area contributed by atoms with E-state index in [1.54, 1.807) is 0 Å². The second kappa shape index (κ2) is 11.8. The second-order valence-electron chi connectivity index (χ2n) is 5.96. The van der Waals surface area contributed by atoms with E-state index in [1.807, 2.05) is 0 Å². The Morgan fingerprint density at radius 2 is 1.76 bits per heavy atom. The number of hydrogen-bond acceptors (Lipinski definition) is 15. The Bertz CT molecular complexity index is 1120. The van der Waals surface area contributed by atoms with Gasteiger partial charge < -0.3 is 44.8 Å². The van der Waals surface area contributed by atoms with Crippen molar-refractivity contribution < 1.29 is 121 Å². The monoisotopic (exact) mass is 551 g/mol. The van der Waals surface area contributed by atoms with E-state index in [2.05, 4.69) is 28.3 Å². The van der Waals surface area contributed by atoms with Gasteiger partial charge in [0, 0.05) is 0 Å². The van der Waals surface area contributed by atoms with Crippen molar-refractivity contribution in [3.05, 3.63) is 12.7 Å². The normalized spacial score (nSPS) is 28.2. The van der Waals surface area contributed by atoms with Crippen molar-refractivity contribution in [2.45, 2.75) is 24.7 Å². The van der Waals surface area contributed by atoms with Gasteiger partial charge in [0.15, 0.2) is 30.3 Å². The fourth-order valence-electron chi connectivity index (χ4n) is 2.49. The van der Waals surface area contributed by atoms with Gasteiger partial charge in [-0.3, -0.25) is 22.8 Å². The molecule has 23 heteroatoms. The summed E-state index contributed by atoms with van der Waals surface area (Å²) in [6, 6.07) is 0. The van der Waals surface area contributed by atoms with E-state index in [4.69, 9.17) is 15.4 Å². The van der Waals surface area contributed by atoms with Gasteiger partial charge in [0.25, 0.3) is 15.6 Å². The van der Waals surface area contributed by atoms with Crippen LogP contribution in [0.3, 0.4) is 0 Å². The average Bonchev–Trinajstić information content (AvgIpc) is 3.16. The third-order valence-corrected chi connectivity index (χ3v) is 6.97. The molecule has 4 unspecified atom stereocenters. The Balaban J connectivity index is 0.00000272. The first kappa shape index (κ1) is 31.7. The van der Waals surface area contributed by atoms with Gasteiger partial charge in [-0.15, -0.1) is 0 Å². The van der Waals surface area contributed by atoms with Crippen LogP contribution in [0, 0.1) is 0 Å². The molecule has 174 valence electrons. The molecule has 0 aliphatic carbocycles. The maximum atomic E-state index is 12.0. The summed E-state index contributed by atoms with van der Waals surface area (Å²) in [5, 5.41) is 20.3. The summed E-state index contributed by atoms with van der Waals surface area (Å²) in [7, 11) is -16.6. The van der Waals surface area contributed by atoms with Gasteiger partial charge >= 0.3 is 66.7 Å². The number of aromatic nitrogens is 4. The zero-order valence-corrected chi connectivity index (χ0v) is 23.5. The predicted octanol–water partition coefficient (Wildman–Crippen LogP) is -8.89. The van der Waals surface area contributed by atoms with Crippen molar-refractivity contribution in [2.75, 3.05) is 12.1 Å². The van der Waals surface area contributed by atoms with Crippen LogP contribution in [-0.4, -0.2) is 64.4 Å². The van der Waals surface area contributed by atoms with Crippen molar-refractivity contribution in [1.82, 2.24) is 19.5 Å². The maximum absolute atomic E-state index is 12.0. The minimum absolute atomic E-state index is 0. The molecule has 0 aromatic carbocycles. The van der Waals surface area contributed by atoms with E-state index in [0.717, 1.165) is 17.2 Å². The molecule has 6 N–H and O–H groups in total. The quantitative estimate of drug-likeness (QED) is 0.150. The van der Waals surface area contributed by atoms with Crippen molar-refractivity contribution >= 4 is 40.2 Å². The second-order valence-corrected chi connectivity index (χ2v) is 10.4. The van der Waals surface area contributed by atoms with Gasteiger partial charge in [-0.05, 0) is 0 Å². The summed E-state index contributed by atoms with van der Waals surface area (Å²) >= 11 is 0. The fourth-order valence-corrected chi connectivity index (χ4v) is 5.40. The smallest absolute Gasteiger partial charge is 0.756 e. The van der Waals surface area contributed by atoms with E-state index in [1.165, 1.54) is 0 Å². The first-order valence-electron chi connectivity index (χ1n) is 7.85. The van der Waals surface area contributed by atoms with Gasteiger partial charge in [0.05, 0.1) is 6.33 Å². The van der Waals surface area contributed by atoms with Crippen LogP contribution in [-0.2, 0) is 31.8 Å². The minimum Gasteiger partial charge on any atom is -0.756 e. The SMILES string of the molecule is Nc1ncnc2c1ncn2C1O[C@H](OP(=O)(O)COP(=O)([O-])OP(=O)([O-])O)[C@@H](O)[C@H]1O.[Na+].[Na+]. The van der Waals surface area contributed by atoms with Gasteiger partial charge in [-0.1, -0.05) is 0 Å². The number of fused-ring (bicyclic) bond motifs is 1. The molecule has 0 amide bonds. The van der Waals surface area contributed by atoms with E-state index in [0.29, 0.717) is 0 Å². The topological polar surface area (TPSA) is 285 Å². The zero-order valence-electron chi connectivity index (χ0n) is 16.8. The maximum Gasteiger partial charge on any atom is 1.00 e. The number of nitrogens with zero attached hydrogens (tertiary/aromatic N) is 4. The van der Waals surface area contributed by atoms with Gasteiger partial charge in [-0.25, -0.2) is 19.3 Å². The third-order valence-electron chi connectivity index (χ3n) is 3.71. The van der Waals surface area contributed by atoms with Crippen LogP contribution in [0.1, 0.15) is 6.23 Å². The van der Waals surface area contributed by atoms with E-state index < -0.39 is 54.3 Å². The average molecular weight is 551 g/mol. The standard InChI is InChI=1S/C10H16N5O13P3.2Na/c11-7-4-8(13-1-12-7)15(2-14-4)9-5(16)6(17)10(26-9)27-29(18,19)3-25-31(23,24)28-30(20,21)22;;/h1-2,5-6,9-10,16-17H,3H2,(H,18,19)(H,23,24)(H2,11,12,13)(H2,20,21,22);;/q;2*+1/p-2/t5-,6+,9?,10-;;/m1../s1. The van der Waals surface area contributed by atoms with Gasteiger partial charge in [-0.2, -0.15) is 0 Å². The molecule has 33 heavy (non-hydrogen) atoms. The molecule has 3 heterocycles. The number of imidazole rings is 1. The molecule has 0 radical (unpaired) electrons. The number of hydrogen-bond donors (Lipinski definition) is 5. The molecule has 0 spiro atoms. The van der Waals surface area contributed by atoms with E-state index in [-0.39, 0.29) is 76.1 Å². The van der Waals surface area contributed by atoms with Gasteiger partial charge in [0.1, 0.15) is 24.1 Å². The molecule has 7 atom stereocenters. The Kier molecular flexibility index (Phi) is 11.3. The van der Waals surface area contributed by atoms with Crippen LogP contribution in [0.4, 0.5) is 5.82 Å². The van der Waals surface area contributed by atoms with Crippen LogP contribution in [0.25, 0.3) is 11.2 Å². The summed E-state index contributed by atoms with van der Waals surface area (Å²) < 4.78 is 51.8. The molecule has 0 saturated carbocycles. The molecule has 3 rings (SSSR count). The summed E-state index contributed by atoms with van der Waals surface area (Å²) in [6.45, 7) is 0. The van der Waals surface area contributed by atoms with Crippen molar-refractivity contribution in [2.24, 2.45) is 0 Å². The number of nitrogens with two attached hydrogens (primary N) is 1. The number of phosphoric acid groups is 2. The van der Waals surface area contributed by atoms with Crippen LogP contribution in [0.2, 0.25) is 0 Å². The molecule has 2 aromatic heterocycles. The van der Waals surface area contributed by atoms with Crippen LogP contribution in [0.5, 0.6) is 0 Å². The molecule has 1 saturated heterocycles. The number of anilines is 1. The summed E-state index contributed by atoms with van der Waals surface area (Å²) in [5.41, 5.74) is 5.88. The molecular weight excluding hydrogens is 537 g/mol. The number of aliphatic hydroxyl groups is 2. The number of ether oxygens (including phenoxy) is 1. The molecule has 1 aliphatic heterocycles. The number of phosphoric ester groups is 1. The largest absolute Gasteiger partial charge is 1.00 e. The van der Waals surface area contributed by atoms with E-state index >= 15 is 0 Å². The van der Waals surface area contributed by atoms with Crippen molar-refractivity contribution in [1.29, 1.82) is 0 Å². The van der Waals surface area contributed by atoms with Gasteiger partial charge in [0.2, 0.25) is 0 Å². The number of rotatable bonds is 8. The van der Waals surface area contributed by atoms with Crippen LogP contribution in [0.15, 0.2) is 12.7 Å².